The Morgan fingerprint density at radius 2 is 1.55 bits per heavy atom. The van der Waals surface area contributed by atoms with Gasteiger partial charge in [-0.2, -0.15) is 5.10 Å². The van der Waals surface area contributed by atoms with Crippen molar-refractivity contribution in [1.82, 2.24) is 15.2 Å². The Kier molecular flexibility index (Phi) is 5.84. The number of hydrogen-bond donors (Lipinski definition) is 2. The zero-order valence-electron chi connectivity index (χ0n) is 20.2. The van der Waals surface area contributed by atoms with Crippen molar-refractivity contribution in [3.05, 3.63) is 66.5 Å². The van der Waals surface area contributed by atoms with Crippen molar-refractivity contribution in [3.8, 4) is 11.3 Å². The summed E-state index contributed by atoms with van der Waals surface area (Å²) >= 11 is 0. The predicted molar refractivity (Wildman–Crippen MR) is 139 cm³/mol. The molecule has 0 saturated heterocycles. The molecule has 0 radical (unpaired) electrons. The van der Waals surface area contributed by atoms with Gasteiger partial charge < -0.3 is 5.32 Å². The van der Waals surface area contributed by atoms with Gasteiger partial charge in [0.25, 0.3) is 0 Å². The standard InChI is InChI=1S/C25H25F5N4O2S2/c1-16-23-14-24(31-15-25(23)34-33-16)17-2-8-20(9-3-17)37(35,36)21-10-4-18(5-11-21)32-19-6-12-22(13-7-19)38(26,27,28,29)30/h2-3,6-9,12-15,18,21,32H,4-5,10-11H2,1H3,(H,33,34). The van der Waals surface area contributed by atoms with E-state index in [9.17, 15) is 27.8 Å². The van der Waals surface area contributed by atoms with E-state index in [-0.39, 0.29) is 16.6 Å². The van der Waals surface area contributed by atoms with E-state index in [4.69, 9.17) is 0 Å². The highest BCUT2D eigenvalue weighted by molar-refractivity contribution is 8.45. The third-order valence-electron chi connectivity index (χ3n) is 6.89. The van der Waals surface area contributed by atoms with Crippen molar-refractivity contribution in [2.24, 2.45) is 0 Å². The van der Waals surface area contributed by atoms with Crippen molar-refractivity contribution in [2.75, 3.05) is 5.32 Å². The number of halogens is 5. The van der Waals surface area contributed by atoms with Crippen LogP contribution in [0.5, 0.6) is 0 Å². The van der Waals surface area contributed by atoms with Crippen LogP contribution in [0.4, 0.5) is 25.1 Å². The normalized spacial score (nSPS) is 20.6. The fourth-order valence-corrected chi connectivity index (χ4v) is 7.21. The summed E-state index contributed by atoms with van der Waals surface area (Å²) in [7, 11) is -13.3. The number of aromatic amines is 1. The Bertz CT molecular complexity index is 1600. The van der Waals surface area contributed by atoms with E-state index in [2.05, 4.69) is 20.5 Å². The first kappa shape index (κ1) is 26.4. The van der Waals surface area contributed by atoms with Gasteiger partial charge in [0.15, 0.2) is 9.84 Å². The minimum Gasteiger partial charge on any atom is -0.382 e. The molecular weight excluding hydrogens is 547 g/mol. The number of nitrogens with zero attached hydrogens (tertiary/aromatic N) is 2. The van der Waals surface area contributed by atoms with Gasteiger partial charge in [0.05, 0.1) is 22.0 Å². The van der Waals surface area contributed by atoms with Crippen molar-refractivity contribution in [3.63, 3.8) is 0 Å². The van der Waals surface area contributed by atoms with Crippen LogP contribution < -0.4 is 5.32 Å². The smallest absolute Gasteiger partial charge is 0.310 e. The number of sulfone groups is 1. The van der Waals surface area contributed by atoms with E-state index in [1.54, 1.807) is 30.5 Å². The van der Waals surface area contributed by atoms with Gasteiger partial charge in [-0.25, -0.2) is 8.42 Å². The number of anilines is 1. The molecule has 0 amide bonds. The van der Waals surface area contributed by atoms with Crippen LogP contribution in [-0.2, 0) is 9.84 Å². The van der Waals surface area contributed by atoms with E-state index in [0.717, 1.165) is 34.3 Å². The van der Waals surface area contributed by atoms with E-state index < -0.39 is 30.2 Å². The van der Waals surface area contributed by atoms with Crippen LogP contribution in [0.1, 0.15) is 31.4 Å². The number of pyridine rings is 1. The zero-order chi connectivity index (χ0) is 27.4. The minimum absolute atomic E-state index is 0.179. The Hall–Kier alpha value is -3.19. The molecule has 0 atom stereocenters. The summed E-state index contributed by atoms with van der Waals surface area (Å²) in [4.78, 5) is 2.68. The van der Waals surface area contributed by atoms with Gasteiger partial charge >= 0.3 is 10.2 Å². The van der Waals surface area contributed by atoms with E-state index >= 15 is 0 Å². The third-order valence-corrected chi connectivity index (χ3v) is 10.3. The number of benzene rings is 2. The Morgan fingerprint density at radius 1 is 0.921 bits per heavy atom. The van der Waals surface area contributed by atoms with E-state index in [1.165, 1.54) is 0 Å². The molecular formula is C25H25F5N4O2S2. The summed E-state index contributed by atoms with van der Waals surface area (Å²) in [5.41, 5.74) is 3.40. The number of H-pyrrole nitrogens is 1. The zero-order valence-corrected chi connectivity index (χ0v) is 21.8. The molecule has 1 aliphatic rings. The van der Waals surface area contributed by atoms with Crippen LogP contribution in [0.25, 0.3) is 22.2 Å². The molecule has 6 nitrogen and oxygen atoms in total. The maximum Gasteiger partial charge on any atom is 0.310 e. The largest absolute Gasteiger partial charge is 0.382 e. The lowest BCUT2D eigenvalue weighted by molar-refractivity contribution is 0.364. The summed E-state index contributed by atoms with van der Waals surface area (Å²) < 4.78 is 91.1. The first-order valence-electron chi connectivity index (χ1n) is 11.9. The van der Waals surface area contributed by atoms with Crippen molar-refractivity contribution in [2.45, 2.75) is 53.7 Å². The SMILES string of the molecule is Cc1[nH]nc2cnc(-c3ccc(S(=O)(=O)C4CCC(Nc5ccc(S(F)(F)(F)(F)F)cc5)CC4)cc3)cc12. The highest BCUT2D eigenvalue weighted by atomic mass is 32.5. The van der Waals surface area contributed by atoms with Crippen LogP contribution in [0.15, 0.2) is 70.6 Å². The van der Waals surface area contributed by atoms with Crippen molar-refractivity contribution < 1.29 is 27.8 Å². The maximum absolute atomic E-state index is 13.3. The molecule has 38 heavy (non-hydrogen) atoms. The highest BCUT2D eigenvalue weighted by Gasteiger charge is 2.65. The number of aryl methyl sites for hydroxylation is 1. The van der Waals surface area contributed by atoms with Crippen LogP contribution in [0, 0.1) is 6.92 Å². The van der Waals surface area contributed by atoms with Gasteiger partial charge in [0.2, 0.25) is 0 Å². The highest BCUT2D eigenvalue weighted by Crippen LogP contribution is 3.02. The van der Waals surface area contributed by atoms with Crippen LogP contribution in [0.2, 0.25) is 0 Å². The molecule has 0 spiro atoms. The molecule has 0 unspecified atom stereocenters. The molecule has 2 aromatic heterocycles. The molecule has 2 heterocycles. The summed E-state index contributed by atoms with van der Waals surface area (Å²) in [5, 5.41) is 10.4. The minimum atomic E-state index is -9.72. The average molecular weight is 573 g/mol. The lowest BCUT2D eigenvalue weighted by Gasteiger charge is -2.40. The van der Waals surface area contributed by atoms with Crippen molar-refractivity contribution >= 4 is 36.7 Å². The first-order chi connectivity index (χ1) is 17.6. The average Bonchev–Trinajstić information content (AvgIpc) is 3.23. The van der Waals surface area contributed by atoms with Crippen molar-refractivity contribution in [1.29, 1.82) is 0 Å². The number of fused-ring (bicyclic) bond motifs is 1. The number of rotatable bonds is 6. The first-order valence-corrected chi connectivity index (χ1v) is 15.4. The van der Waals surface area contributed by atoms with Crippen LogP contribution in [-0.4, -0.2) is 34.9 Å². The number of hydrogen-bond acceptors (Lipinski definition) is 5. The Balaban J connectivity index is 1.23. The van der Waals surface area contributed by atoms with Crippen LogP contribution in [0.3, 0.4) is 0 Å². The topological polar surface area (TPSA) is 87.7 Å². The number of nitrogens with one attached hydrogen (secondary N) is 2. The summed E-state index contributed by atoms with van der Waals surface area (Å²) in [6, 6.07) is 11.0. The summed E-state index contributed by atoms with van der Waals surface area (Å²) in [6.07, 6.45) is 3.33. The fraction of sp³-hybridized carbons (Fsp3) is 0.280. The van der Waals surface area contributed by atoms with Crippen LogP contribution >= 0.6 is 10.2 Å². The summed E-state index contributed by atoms with van der Waals surface area (Å²) in [6.45, 7) is 1.91. The maximum atomic E-state index is 13.3. The quantitative estimate of drug-likeness (QED) is 0.230. The fourth-order valence-electron chi connectivity index (χ4n) is 4.77. The summed E-state index contributed by atoms with van der Waals surface area (Å²) in [5.74, 6) is 0. The Labute approximate surface area is 216 Å². The molecule has 5 rings (SSSR count). The second kappa shape index (κ2) is 8.40. The molecule has 2 aromatic carbocycles. The lowest BCUT2D eigenvalue weighted by Crippen LogP contribution is -2.32. The molecule has 13 heteroatoms. The van der Waals surface area contributed by atoms with Gasteiger partial charge in [0, 0.05) is 28.4 Å². The predicted octanol–water partition coefficient (Wildman–Crippen LogP) is 7.79. The second-order valence-corrected chi connectivity index (χ2v) is 14.3. The molecule has 204 valence electrons. The molecule has 4 aromatic rings. The second-order valence-electron chi connectivity index (χ2n) is 9.62. The van der Waals surface area contributed by atoms with E-state index in [1.807, 2.05) is 13.0 Å². The van der Waals surface area contributed by atoms with Gasteiger partial charge in [0.1, 0.15) is 10.4 Å². The van der Waals surface area contributed by atoms with Gasteiger partial charge in [-0.3, -0.25) is 10.1 Å². The lowest BCUT2D eigenvalue weighted by atomic mass is 9.95. The monoisotopic (exact) mass is 572 g/mol. The third kappa shape index (κ3) is 5.35. The van der Waals surface area contributed by atoms with Gasteiger partial charge in [-0.15, -0.1) is 0 Å². The van der Waals surface area contributed by atoms with Gasteiger partial charge in [-0.05, 0) is 75.1 Å². The van der Waals surface area contributed by atoms with E-state index in [0.29, 0.717) is 43.5 Å². The molecule has 0 aliphatic heterocycles. The molecule has 2 N–H and O–H groups in total. The molecule has 0 bridgehead atoms. The molecule has 1 saturated carbocycles. The Morgan fingerprint density at radius 3 is 2.16 bits per heavy atom. The molecule has 1 aliphatic carbocycles. The van der Waals surface area contributed by atoms with Gasteiger partial charge in [-0.1, -0.05) is 31.6 Å². The molecule has 1 fully saturated rings. The number of aromatic nitrogens is 3.